The molecule has 0 bridgehead atoms. The normalized spacial score (nSPS) is 13.4. The van der Waals surface area contributed by atoms with Crippen LogP contribution in [0.1, 0.15) is 40.0 Å². The zero-order valence-electron chi connectivity index (χ0n) is 9.21. The number of carbonyl (C=O) groups excluding carboxylic acids is 2. The molecule has 0 aromatic carbocycles. The van der Waals surface area contributed by atoms with Crippen LogP contribution in [-0.4, -0.2) is 23.9 Å². The maximum absolute atomic E-state index is 11.2. The molecule has 1 atom stereocenters. The highest BCUT2D eigenvalue weighted by Crippen LogP contribution is 2.09. The van der Waals surface area contributed by atoms with Crippen molar-refractivity contribution in [3.05, 3.63) is 0 Å². The lowest BCUT2D eigenvalue weighted by atomic mass is 10.1. The third-order valence-electron chi connectivity index (χ3n) is 1.57. The van der Waals surface area contributed by atoms with Crippen LogP contribution in [-0.2, 0) is 14.3 Å². The average Bonchev–Trinajstić information content (AvgIpc) is 2.00. The number of rotatable bonds is 5. The lowest BCUT2D eigenvalue weighted by Crippen LogP contribution is -2.61. The number of quaternary nitrogens is 1. The van der Waals surface area contributed by atoms with Crippen LogP contribution in [0.4, 0.5) is 0 Å². The molecule has 0 aromatic heterocycles. The number of hydrogen-bond acceptors (Lipinski definition) is 3. The quantitative estimate of drug-likeness (QED) is 0.515. The Morgan fingerprint density at radius 2 is 2.07 bits per heavy atom. The van der Waals surface area contributed by atoms with Gasteiger partial charge in [0.1, 0.15) is 11.6 Å². The van der Waals surface area contributed by atoms with Crippen LogP contribution in [0.5, 0.6) is 0 Å². The maximum atomic E-state index is 11.2. The first-order valence-electron chi connectivity index (χ1n) is 4.85. The van der Waals surface area contributed by atoms with Gasteiger partial charge in [-0.25, -0.2) is 0 Å². The molecule has 0 aromatic rings. The SMILES string of the molecule is CC(C)(C)OC(=O)CCC[C@H]([NH3+])C=O. The van der Waals surface area contributed by atoms with Crippen LogP contribution < -0.4 is 5.73 Å². The monoisotopic (exact) mass is 202 g/mol. The average molecular weight is 202 g/mol. The van der Waals surface area contributed by atoms with Gasteiger partial charge in [0.15, 0.2) is 6.29 Å². The fourth-order valence-electron chi connectivity index (χ4n) is 0.969. The molecule has 0 aliphatic carbocycles. The number of hydrogen-bond donors (Lipinski definition) is 1. The molecule has 0 aliphatic rings. The van der Waals surface area contributed by atoms with E-state index in [0.717, 1.165) is 6.29 Å². The van der Waals surface area contributed by atoms with Gasteiger partial charge in [0.25, 0.3) is 0 Å². The standard InChI is InChI=1S/C10H19NO3/c1-10(2,3)14-9(13)6-4-5-8(11)7-12/h7-8H,4-6,11H2,1-3H3/p+1/t8-/m0/s1. The Kier molecular flexibility index (Phi) is 5.38. The van der Waals surface area contributed by atoms with Gasteiger partial charge in [0.2, 0.25) is 0 Å². The molecule has 0 heterocycles. The molecule has 0 saturated carbocycles. The van der Waals surface area contributed by atoms with Gasteiger partial charge in [-0.3, -0.25) is 9.59 Å². The molecule has 0 spiro atoms. The predicted octanol–water partition coefficient (Wildman–Crippen LogP) is 0.308. The molecule has 0 amide bonds. The van der Waals surface area contributed by atoms with Gasteiger partial charge in [0, 0.05) is 12.8 Å². The largest absolute Gasteiger partial charge is 0.460 e. The summed E-state index contributed by atoms with van der Waals surface area (Å²) in [6.07, 6.45) is 2.46. The summed E-state index contributed by atoms with van der Waals surface area (Å²) in [4.78, 5) is 21.4. The number of ether oxygens (including phenoxy) is 1. The van der Waals surface area contributed by atoms with E-state index in [1.54, 1.807) is 0 Å². The van der Waals surface area contributed by atoms with Gasteiger partial charge in [-0.2, -0.15) is 0 Å². The van der Waals surface area contributed by atoms with Crippen molar-refractivity contribution in [1.29, 1.82) is 0 Å². The second-order valence-corrected chi connectivity index (χ2v) is 4.37. The van der Waals surface area contributed by atoms with Crippen molar-refractivity contribution in [2.75, 3.05) is 0 Å². The number of esters is 1. The van der Waals surface area contributed by atoms with Crippen molar-refractivity contribution >= 4 is 12.3 Å². The molecular formula is C10H20NO3+. The second kappa shape index (κ2) is 5.75. The van der Waals surface area contributed by atoms with Crippen molar-refractivity contribution in [3.63, 3.8) is 0 Å². The van der Waals surface area contributed by atoms with E-state index in [2.05, 4.69) is 5.73 Å². The minimum Gasteiger partial charge on any atom is -0.460 e. The highest BCUT2D eigenvalue weighted by molar-refractivity contribution is 5.69. The zero-order valence-corrected chi connectivity index (χ0v) is 9.21. The summed E-state index contributed by atoms with van der Waals surface area (Å²) in [7, 11) is 0. The molecule has 0 unspecified atom stereocenters. The Balaban J connectivity index is 3.60. The van der Waals surface area contributed by atoms with E-state index in [1.165, 1.54) is 0 Å². The molecule has 0 radical (unpaired) electrons. The van der Waals surface area contributed by atoms with E-state index in [-0.39, 0.29) is 12.0 Å². The maximum Gasteiger partial charge on any atom is 0.306 e. The van der Waals surface area contributed by atoms with Crippen LogP contribution >= 0.6 is 0 Å². The molecule has 0 saturated heterocycles. The third kappa shape index (κ3) is 7.73. The molecule has 0 rings (SSSR count). The summed E-state index contributed by atoms with van der Waals surface area (Å²) in [6.45, 7) is 5.50. The smallest absolute Gasteiger partial charge is 0.306 e. The summed E-state index contributed by atoms with van der Waals surface area (Å²) in [6, 6.07) is -0.211. The fraction of sp³-hybridized carbons (Fsp3) is 0.800. The molecule has 3 N–H and O–H groups in total. The number of carbonyl (C=O) groups is 2. The fourth-order valence-corrected chi connectivity index (χ4v) is 0.969. The van der Waals surface area contributed by atoms with Crippen LogP contribution in [0.15, 0.2) is 0 Å². The van der Waals surface area contributed by atoms with E-state index in [4.69, 9.17) is 4.74 Å². The highest BCUT2D eigenvalue weighted by atomic mass is 16.6. The van der Waals surface area contributed by atoms with Gasteiger partial charge >= 0.3 is 5.97 Å². The van der Waals surface area contributed by atoms with Crippen molar-refractivity contribution in [3.8, 4) is 0 Å². The van der Waals surface area contributed by atoms with Crippen molar-refractivity contribution in [2.24, 2.45) is 0 Å². The first-order valence-corrected chi connectivity index (χ1v) is 4.85. The van der Waals surface area contributed by atoms with E-state index in [0.29, 0.717) is 19.3 Å². The van der Waals surface area contributed by atoms with Crippen molar-refractivity contribution < 1.29 is 20.1 Å². The highest BCUT2D eigenvalue weighted by Gasteiger charge is 2.16. The van der Waals surface area contributed by atoms with Gasteiger partial charge in [0.05, 0.1) is 0 Å². The van der Waals surface area contributed by atoms with Crippen LogP contribution in [0.25, 0.3) is 0 Å². The third-order valence-corrected chi connectivity index (χ3v) is 1.57. The number of aldehydes is 1. The summed E-state index contributed by atoms with van der Waals surface area (Å²) in [5.41, 5.74) is 3.18. The Morgan fingerprint density at radius 1 is 1.50 bits per heavy atom. The molecule has 0 fully saturated rings. The van der Waals surface area contributed by atoms with E-state index >= 15 is 0 Å². The van der Waals surface area contributed by atoms with Gasteiger partial charge < -0.3 is 10.5 Å². The Hall–Kier alpha value is -0.900. The van der Waals surface area contributed by atoms with Gasteiger partial charge in [-0.1, -0.05) is 0 Å². The minimum absolute atomic E-state index is 0.211. The lowest BCUT2D eigenvalue weighted by molar-refractivity contribution is -0.401. The molecule has 0 aliphatic heterocycles. The van der Waals surface area contributed by atoms with E-state index in [9.17, 15) is 9.59 Å². The van der Waals surface area contributed by atoms with Crippen LogP contribution in [0.3, 0.4) is 0 Å². The molecule has 4 heteroatoms. The lowest BCUT2D eigenvalue weighted by Gasteiger charge is -2.19. The van der Waals surface area contributed by atoms with Crippen molar-refractivity contribution in [1.82, 2.24) is 0 Å². The Bertz CT molecular complexity index is 196. The van der Waals surface area contributed by atoms with Gasteiger partial charge in [-0.15, -0.1) is 0 Å². The predicted molar refractivity (Wildman–Crippen MR) is 52.4 cm³/mol. The Labute approximate surface area is 84.8 Å². The van der Waals surface area contributed by atoms with Crippen LogP contribution in [0.2, 0.25) is 0 Å². The molecular weight excluding hydrogens is 182 g/mol. The van der Waals surface area contributed by atoms with Crippen LogP contribution in [0, 0.1) is 0 Å². The summed E-state index contributed by atoms with van der Waals surface area (Å²) < 4.78 is 5.11. The first kappa shape index (κ1) is 13.1. The minimum atomic E-state index is -0.425. The zero-order chi connectivity index (χ0) is 11.2. The molecule has 82 valence electrons. The Morgan fingerprint density at radius 3 is 2.50 bits per heavy atom. The summed E-state index contributed by atoms with van der Waals surface area (Å²) in [5.74, 6) is -0.212. The molecule has 4 nitrogen and oxygen atoms in total. The second-order valence-electron chi connectivity index (χ2n) is 4.37. The van der Waals surface area contributed by atoms with Crippen molar-refractivity contribution in [2.45, 2.75) is 51.7 Å². The molecule has 14 heavy (non-hydrogen) atoms. The van der Waals surface area contributed by atoms with E-state index < -0.39 is 5.60 Å². The van der Waals surface area contributed by atoms with E-state index in [1.807, 2.05) is 20.8 Å². The first-order chi connectivity index (χ1) is 6.35. The summed E-state index contributed by atoms with van der Waals surface area (Å²) in [5, 5.41) is 0. The summed E-state index contributed by atoms with van der Waals surface area (Å²) >= 11 is 0. The topological polar surface area (TPSA) is 71.0 Å². The van der Waals surface area contributed by atoms with Gasteiger partial charge in [-0.05, 0) is 27.2 Å².